The fourth-order valence-electron chi connectivity index (χ4n) is 1.00. The van der Waals surface area contributed by atoms with Crippen molar-refractivity contribution in [1.29, 1.82) is 0 Å². The Morgan fingerprint density at radius 1 is 1.50 bits per heavy atom. The first-order valence-electron chi connectivity index (χ1n) is 2.97. The highest BCUT2D eigenvalue weighted by Crippen LogP contribution is 2.34. The highest BCUT2D eigenvalue weighted by atomic mass is 35.5. The molecule has 0 aliphatic heterocycles. The minimum Gasteiger partial charge on any atom is -0.327 e. The summed E-state index contributed by atoms with van der Waals surface area (Å²) < 4.78 is 0. The number of hydrogen-bond acceptors (Lipinski definition) is 1. The minimum absolute atomic E-state index is 0. The van der Waals surface area contributed by atoms with E-state index in [-0.39, 0.29) is 12.4 Å². The van der Waals surface area contributed by atoms with E-state index in [1.807, 2.05) is 0 Å². The normalized spacial score (nSPS) is 34.5. The van der Waals surface area contributed by atoms with E-state index in [4.69, 9.17) is 5.73 Å². The van der Waals surface area contributed by atoms with Crippen LogP contribution in [0.15, 0.2) is 0 Å². The summed E-state index contributed by atoms with van der Waals surface area (Å²) in [5.41, 5.74) is 5.57. The van der Waals surface area contributed by atoms with E-state index in [1.165, 1.54) is 6.42 Å². The molecule has 1 fully saturated rings. The zero-order chi connectivity index (χ0) is 5.44. The van der Waals surface area contributed by atoms with Crippen LogP contribution in [0.5, 0.6) is 0 Å². The summed E-state index contributed by atoms with van der Waals surface area (Å²) >= 11 is 0. The molecule has 1 rings (SSSR count). The molecule has 0 heterocycles. The molecule has 0 bridgehead atoms. The fraction of sp³-hybridized carbons (Fsp3) is 1.00. The molecule has 2 unspecified atom stereocenters. The molecule has 2 heteroatoms. The number of rotatable bonds is 1. The average molecular weight is 136 g/mol. The Hall–Kier alpha value is 0.250. The molecule has 50 valence electrons. The summed E-state index contributed by atoms with van der Waals surface area (Å²) in [6.07, 6.45) is 1.26. The monoisotopic (exact) mass is 135 g/mol. The van der Waals surface area contributed by atoms with Crippen molar-refractivity contribution in [2.24, 2.45) is 17.6 Å². The van der Waals surface area contributed by atoms with Gasteiger partial charge in [-0.3, -0.25) is 0 Å². The fourth-order valence-corrected chi connectivity index (χ4v) is 1.00. The lowest BCUT2D eigenvalue weighted by molar-refractivity contribution is 0.547. The Labute approximate surface area is 57.1 Å². The Kier molecular flexibility index (Phi) is 2.78. The van der Waals surface area contributed by atoms with Crippen LogP contribution in [0, 0.1) is 11.8 Å². The molecular formula is C6H14ClN. The molecule has 2 atom stereocenters. The van der Waals surface area contributed by atoms with E-state index < -0.39 is 0 Å². The zero-order valence-corrected chi connectivity index (χ0v) is 6.24. The van der Waals surface area contributed by atoms with Crippen LogP contribution in [0.25, 0.3) is 0 Å². The van der Waals surface area contributed by atoms with E-state index in [0.29, 0.717) is 6.04 Å². The van der Waals surface area contributed by atoms with Crippen molar-refractivity contribution in [1.82, 2.24) is 0 Å². The van der Waals surface area contributed by atoms with Crippen LogP contribution >= 0.6 is 12.4 Å². The van der Waals surface area contributed by atoms with Gasteiger partial charge < -0.3 is 5.73 Å². The molecule has 0 radical (unpaired) electrons. The maximum absolute atomic E-state index is 5.57. The first-order valence-corrected chi connectivity index (χ1v) is 2.97. The third-order valence-corrected chi connectivity index (χ3v) is 1.75. The first-order chi connectivity index (χ1) is 3.22. The molecule has 1 aliphatic rings. The quantitative estimate of drug-likeness (QED) is 0.578. The third-order valence-electron chi connectivity index (χ3n) is 1.75. The SMILES string of the molecule is CC(C)C1CC1N.Cl. The second kappa shape index (κ2) is 2.70. The van der Waals surface area contributed by atoms with Gasteiger partial charge in [-0.15, -0.1) is 12.4 Å². The van der Waals surface area contributed by atoms with E-state index >= 15 is 0 Å². The summed E-state index contributed by atoms with van der Waals surface area (Å²) in [5.74, 6) is 1.66. The second-order valence-corrected chi connectivity index (χ2v) is 2.81. The van der Waals surface area contributed by atoms with Crippen molar-refractivity contribution >= 4 is 12.4 Å². The molecule has 0 aromatic carbocycles. The number of halogens is 1. The van der Waals surface area contributed by atoms with Crippen LogP contribution in [-0.2, 0) is 0 Å². The number of hydrogen-bond donors (Lipinski definition) is 1. The predicted molar refractivity (Wildman–Crippen MR) is 38.2 cm³/mol. The van der Waals surface area contributed by atoms with Gasteiger partial charge in [0.05, 0.1) is 0 Å². The molecular weight excluding hydrogens is 122 g/mol. The van der Waals surface area contributed by atoms with Gasteiger partial charge in [0.1, 0.15) is 0 Å². The summed E-state index contributed by atoms with van der Waals surface area (Å²) in [6.45, 7) is 4.47. The summed E-state index contributed by atoms with van der Waals surface area (Å²) in [7, 11) is 0. The molecule has 0 amide bonds. The Morgan fingerprint density at radius 2 is 1.88 bits per heavy atom. The Morgan fingerprint density at radius 3 is 1.88 bits per heavy atom. The van der Waals surface area contributed by atoms with Crippen LogP contribution in [0.1, 0.15) is 20.3 Å². The average Bonchev–Trinajstić information content (AvgIpc) is 2.17. The van der Waals surface area contributed by atoms with E-state index in [9.17, 15) is 0 Å². The molecule has 1 saturated carbocycles. The third kappa shape index (κ3) is 1.64. The topological polar surface area (TPSA) is 26.0 Å². The number of nitrogens with two attached hydrogens (primary N) is 1. The minimum atomic E-state index is 0. The lowest BCUT2D eigenvalue weighted by Crippen LogP contribution is -2.05. The van der Waals surface area contributed by atoms with Crippen molar-refractivity contribution in [2.75, 3.05) is 0 Å². The van der Waals surface area contributed by atoms with Crippen molar-refractivity contribution in [3.63, 3.8) is 0 Å². The highest BCUT2D eigenvalue weighted by molar-refractivity contribution is 5.85. The largest absolute Gasteiger partial charge is 0.327 e. The second-order valence-electron chi connectivity index (χ2n) is 2.81. The van der Waals surface area contributed by atoms with E-state index in [0.717, 1.165) is 11.8 Å². The van der Waals surface area contributed by atoms with E-state index in [2.05, 4.69) is 13.8 Å². The molecule has 2 N–H and O–H groups in total. The van der Waals surface area contributed by atoms with Crippen molar-refractivity contribution in [3.8, 4) is 0 Å². The van der Waals surface area contributed by atoms with Gasteiger partial charge in [0.15, 0.2) is 0 Å². The summed E-state index contributed by atoms with van der Waals surface area (Å²) in [6, 6.07) is 0.542. The van der Waals surface area contributed by atoms with Crippen LogP contribution in [0.3, 0.4) is 0 Å². The molecule has 1 aliphatic carbocycles. The van der Waals surface area contributed by atoms with Gasteiger partial charge in [0, 0.05) is 6.04 Å². The predicted octanol–water partition coefficient (Wildman–Crippen LogP) is 1.41. The smallest absolute Gasteiger partial charge is 0.00735 e. The standard InChI is InChI=1S/C6H13N.ClH/c1-4(2)5-3-6(5)7;/h4-6H,3,7H2,1-2H3;1H. The van der Waals surface area contributed by atoms with Crippen LogP contribution in [0.2, 0.25) is 0 Å². The van der Waals surface area contributed by atoms with Crippen molar-refractivity contribution < 1.29 is 0 Å². The molecule has 8 heavy (non-hydrogen) atoms. The first kappa shape index (κ1) is 8.25. The molecule has 0 spiro atoms. The van der Waals surface area contributed by atoms with Gasteiger partial charge in [-0.05, 0) is 18.3 Å². The molecule has 0 saturated heterocycles. The van der Waals surface area contributed by atoms with Gasteiger partial charge in [0.2, 0.25) is 0 Å². The lowest BCUT2D eigenvalue weighted by Gasteiger charge is -1.96. The van der Waals surface area contributed by atoms with Gasteiger partial charge in [0.25, 0.3) is 0 Å². The van der Waals surface area contributed by atoms with Gasteiger partial charge >= 0.3 is 0 Å². The zero-order valence-electron chi connectivity index (χ0n) is 5.42. The molecule has 1 nitrogen and oxygen atoms in total. The van der Waals surface area contributed by atoms with Crippen molar-refractivity contribution in [2.45, 2.75) is 26.3 Å². The van der Waals surface area contributed by atoms with E-state index in [1.54, 1.807) is 0 Å². The Bertz CT molecular complexity index is 72.9. The summed E-state index contributed by atoms with van der Waals surface area (Å²) in [4.78, 5) is 0. The van der Waals surface area contributed by atoms with Gasteiger partial charge in [-0.1, -0.05) is 13.8 Å². The maximum atomic E-state index is 5.57. The molecule has 0 aromatic heterocycles. The highest BCUT2D eigenvalue weighted by Gasteiger charge is 2.35. The lowest BCUT2D eigenvalue weighted by atomic mass is 10.1. The van der Waals surface area contributed by atoms with Crippen LogP contribution in [-0.4, -0.2) is 6.04 Å². The van der Waals surface area contributed by atoms with Gasteiger partial charge in [-0.25, -0.2) is 0 Å². The van der Waals surface area contributed by atoms with Crippen LogP contribution < -0.4 is 5.73 Å². The summed E-state index contributed by atoms with van der Waals surface area (Å²) in [5, 5.41) is 0. The van der Waals surface area contributed by atoms with Crippen molar-refractivity contribution in [3.05, 3.63) is 0 Å². The molecule has 0 aromatic rings. The Balaban J connectivity index is 0.000000490. The van der Waals surface area contributed by atoms with Crippen LogP contribution in [0.4, 0.5) is 0 Å². The maximum Gasteiger partial charge on any atom is 0.00735 e. The van der Waals surface area contributed by atoms with Gasteiger partial charge in [-0.2, -0.15) is 0 Å².